The second kappa shape index (κ2) is 14.8. The average molecular weight is 578 g/mol. The number of fused-ring (bicyclic) bond motifs is 3. The van der Waals surface area contributed by atoms with Gasteiger partial charge in [-0.25, -0.2) is 4.98 Å². The number of aromatic nitrogens is 2. The molecule has 3 heterocycles. The van der Waals surface area contributed by atoms with Crippen LogP contribution < -0.4 is 10.6 Å². The van der Waals surface area contributed by atoms with Gasteiger partial charge < -0.3 is 25.8 Å². The molecular weight excluding hydrogens is 550 g/mol. The molecule has 1 aromatic carbocycles. The zero-order chi connectivity index (χ0) is 28.3. The number of hydrogen-bond acceptors (Lipinski definition) is 6. The maximum absolute atomic E-state index is 13.1. The normalized spacial score (nSPS) is 14.9. The molecule has 1 unspecified atom stereocenters. The maximum atomic E-state index is 13.1. The van der Waals surface area contributed by atoms with Crippen LogP contribution in [0.25, 0.3) is 10.9 Å². The van der Waals surface area contributed by atoms with Gasteiger partial charge in [0.2, 0.25) is 0 Å². The third kappa shape index (κ3) is 8.22. The topological polar surface area (TPSA) is 131 Å². The Labute approximate surface area is 226 Å². The van der Waals surface area contributed by atoms with E-state index in [1.807, 2.05) is 25.2 Å². The summed E-state index contributed by atoms with van der Waals surface area (Å²) in [5.74, 6) is 0.159. The predicted octanol–water partition coefficient (Wildman–Crippen LogP) is 4.91. The van der Waals surface area contributed by atoms with Crippen LogP contribution in [0.15, 0.2) is 30.3 Å². The number of H-pyrrole nitrogens is 1. The highest BCUT2D eigenvalue weighted by molar-refractivity contribution is 6.31. The van der Waals surface area contributed by atoms with E-state index in [1.54, 1.807) is 0 Å². The van der Waals surface area contributed by atoms with Crippen LogP contribution in [0.3, 0.4) is 0 Å². The molecule has 38 heavy (non-hydrogen) atoms. The highest BCUT2D eigenvalue weighted by Crippen LogP contribution is 2.37. The number of aromatic amines is 1. The van der Waals surface area contributed by atoms with Gasteiger partial charge in [0.25, 0.3) is 12.9 Å². The van der Waals surface area contributed by atoms with Crippen molar-refractivity contribution < 1.29 is 33.0 Å². The van der Waals surface area contributed by atoms with Crippen molar-refractivity contribution in [2.75, 3.05) is 38.5 Å². The van der Waals surface area contributed by atoms with Crippen LogP contribution in [0.4, 0.5) is 19.0 Å². The molecule has 0 saturated heterocycles. The molecule has 5 N–H and O–H groups in total. The standard InChI is InChI=1S/C22H24Cl2F3N5.2CH2O2/c1-28-8-6-18-20-14(15-12-13(23)2-4-17(15)30-20)7-10-32(18)11-9-29-19-5-3-16(24)21(31-19)22(25,26)27;2*2-1-3/h2-5,12,18,28,30H,6-11H2,1H3,(H,29,31);2*1H,(H,2,3). The first-order valence-corrected chi connectivity index (χ1v) is 12.2. The van der Waals surface area contributed by atoms with E-state index in [2.05, 4.69) is 25.5 Å². The van der Waals surface area contributed by atoms with Crippen molar-refractivity contribution >= 4 is 52.9 Å². The molecule has 3 aromatic rings. The summed E-state index contributed by atoms with van der Waals surface area (Å²) in [7, 11) is 1.92. The second-order valence-corrected chi connectivity index (χ2v) is 8.91. The number of pyridine rings is 1. The zero-order valence-electron chi connectivity index (χ0n) is 20.4. The first-order chi connectivity index (χ1) is 18.1. The summed E-state index contributed by atoms with van der Waals surface area (Å²) in [6.45, 7) is 2.32. The molecule has 14 heteroatoms. The van der Waals surface area contributed by atoms with Crippen molar-refractivity contribution in [3.63, 3.8) is 0 Å². The summed E-state index contributed by atoms with van der Waals surface area (Å²) in [5, 5.41) is 21.5. The van der Waals surface area contributed by atoms with Gasteiger partial charge in [0, 0.05) is 41.3 Å². The Morgan fingerprint density at radius 3 is 2.47 bits per heavy atom. The van der Waals surface area contributed by atoms with Gasteiger partial charge in [-0.2, -0.15) is 13.2 Å². The minimum atomic E-state index is -4.59. The smallest absolute Gasteiger partial charge is 0.434 e. The Bertz CT molecular complexity index is 1200. The van der Waals surface area contributed by atoms with Crippen molar-refractivity contribution in [1.82, 2.24) is 20.2 Å². The fourth-order valence-electron chi connectivity index (χ4n) is 4.33. The minimum Gasteiger partial charge on any atom is -0.483 e. The van der Waals surface area contributed by atoms with Gasteiger partial charge in [0.1, 0.15) is 5.82 Å². The molecule has 208 valence electrons. The van der Waals surface area contributed by atoms with Gasteiger partial charge in [-0.1, -0.05) is 23.2 Å². The number of benzene rings is 1. The van der Waals surface area contributed by atoms with E-state index in [9.17, 15) is 13.2 Å². The van der Waals surface area contributed by atoms with Crippen LogP contribution in [0.5, 0.6) is 0 Å². The molecule has 1 atom stereocenters. The van der Waals surface area contributed by atoms with Crippen LogP contribution in [-0.4, -0.2) is 71.3 Å². The molecule has 0 bridgehead atoms. The molecule has 2 aromatic heterocycles. The molecule has 0 amide bonds. The van der Waals surface area contributed by atoms with Crippen LogP contribution in [-0.2, 0) is 22.2 Å². The first-order valence-electron chi connectivity index (χ1n) is 11.4. The molecule has 0 saturated carbocycles. The molecule has 0 radical (unpaired) electrons. The summed E-state index contributed by atoms with van der Waals surface area (Å²) in [6.07, 6.45) is -2.81. The average Bonchev–Trinajstić information content (AvgIpc) is 3.22. The van der Waals surface area contributed by atoms with E-state index in [1.165, 1.54) is 23.4 Å². The van der Waals surface area contributed by atoms with E-state index in [-0.39, 0.29) is 24.8 Å². The molecule has 0 spiro atoms. The third-order valence-corrected chi connectivity index (χ3v) is 6.35. The highest BCUT2D eigenvalue weighted by atomic mass is 35.5. The van der Waals surface area contributed by atoms with Crippen molar-refractivity contribution in [2.45, 2.75) is 25.1 Å². The summed E-state index contributed by atoms with van der Waals surface area (Å²) in [6, 6.07) is 8.74. The molecule has 0 fully saturated rings. The summed E-state index contributed by atoms with van der Waals surface area (Å²) < 4.78 is 39.2. The van der Waals surface area contributed by atoms with E-state index in [0.29, 0.717) is 18.1 Å². The molecule has 9 nitrogen and oxygen atoms in total. The largest absolute Gasteiger partial charge is 0.483 e. The zero-order valence-corrected chi connectivity index (χ0v) is 21.9. The van der Waals surface area contributed by atoms with Crippen LogP contribution >= 0.6 is 23.2 Å². The number of carbonyl (C=O) groups is 2. The summed E-state index contributed by atoms with van der Waals surface area (Å²) in [4.78, 5) is 26.3. The number of anilines is 1. The first kappa shape index (κ1) is 31.2. The fraction of sp³-hybridized carbons (Fsp3) is 0.375. The fourth-order valence-corrected chi connectivity index (χ4v) is 4.72. The molecule has 1 aliphatic heterocycles. The van der Waals surface area contributed by atoms with Gasteiger partial charge in [-0.3, -0.25) is 14.5 Å². The van der Waals surface area contributed by atoms with Gasteiger partial charge in [-0.15, -0.1) is 0 Å². The van der Waals surface area contributed by atoms with E-state index in [4.69, 9.17) is 43.0 Å². The summed E-state index contributed by atoms with van der Waals surface area (Å²) in [5.41, 5.74) is 2.48. The minimum absolute atomic E-state index is 0.159. The van der Waals surface area contributed by atoms with Gasteiger partial charge in [-0.05, 0) is 62.3 Å². The summed E-state index contributed by atoms with van der Waals surface area (Å²) >= 11 is 11.9. The maximum Gasteiger partial charge on any atom is 0.434 e. The highest BCUT2D eigenvalue weighted by Gasteiger charge is 2.35. The van der Waals surface area contributed by atoms with Gasteiger partial charge in [0.15, 0.2) is 5.69 Å². The molecule has 1 aliphatic rings. The van der Waals surface area contributed by atoms with Crippen molar-refractivity contribution in [1.29, 1.82) is 0 Å². The van der Waals surface area contributed by atoms with Crippen LogP contribution in [0.1, 0.15) is 29.4 Å². The van der Waals surface area contributed by atoms with Crippen molar-refractivity contribution in [2.24, 2.45) is 0 Å². The predicted molar refractivity (Wildman–Crippen MR) is 140 cm³/mol. The number of hydrogen-bond donors (Lipinski definition) is 5. The van der Waals surface area contributed by atoms with Crippen LogP contribution in [0.2, 0.25) is 10.0 Å². The number of carboxylic acid groups (broad SMARTS) is 2. The number of halogens is 5. The second-order valence-electron chi connectivity index (χ2n) is 8.06. The Morgan fingerprint density at radius 1 is 1.16 bits per heavy atom. The Balaban J connectivity index is 0.000000773. The lowest BCUT2D eigenvalue weighted by Gasteiger charge is -2.36. The Hall–Kier alpha value is -3.06. The van der Waals surface area contributed by atoms with Gasteiger partial charge in [0.05, 0.1) is 11.1 Å². The lowest BCUT2D eigenvalue weighted by Crippen LogP contribution is -2.39. The van der Waals surface area contributed by atoms with Gasteiger partial charge >= 0.3 is 6.18 Å². The molecule has 4 rings (SSSR count). The molecular formula is C24H28Cl2F3N5O4. The number of rotatable bonds is 7. The quantitative estimate of drug-likeness (QED) is 0.250. The van der Waals surface area contributed by atoms with E-state index < -0.39 is 16.9 Å². The monoisotopic (exact) mass is 577 g/mol. The lowest BCUT2D eigenvalue weighted by molar-refractivity contribution is -0.141. The lowest BCUT2D eigenvalue weighted by atomic mass is 9.95. The van der Waals surface area contributed by atoms with Crippen LogP contribution in [0, 0.1) is 0 Å². The number of nitrogens with one attached hydrogen (secondary N) is 3. The van der Waals surface area contributed by atoms with E-state index in [0.717, 1.165) is 36.8 Å². The van der Waals surface area contributed by atoms with Crippen molar-refractivity contribution in [3.8, 4) is 0 Å². The van der Waals surface area contributed by atoms with Crippen molar-refractivity contribution in [3.05, 3.63) is 57.3 Å². The van der Waals surface area contributed by atoms with E-state index >= 15 is 0 Å². The molecule has 0 aliphatic carbocycles. The SMILES string of the molecule is CNCCC1c2[nH]c3ccc(Cl)cc3c2CCN1CCNc1ccc(Cl)c(C(F)(F)F)n1.O=CO.O=CO. The Kier molecular flexibility index (Phi) is 12.1. The number of nitrogens with zero attached hydrogens (tertiary/aromatic N) is 2. The third-order valence-electron chi connectivity index (χ3n) is 5.81. The Morgan fingerprint density at radius 2 is 1.84 bits per heavy atom. The number of alkyl halides is 3.